The van der Waals surface area contributed by atoms with Gasteiger partial charge in [-0.15, -0.1) is 0 Å². The van der Waals surface area contributed by atoms with Gasteiger partial charge in [0, 0.05) is 24.7 Å². The fraction of sp³-hybridized carbons (Fsp3) is 0.824. The molecule has 0 radical (unpaired) electrons. The predicted octanol–water partition coefficient (Wildman–Crippen LogP) is 2.57. The zero-order chi connectivity index (χ0) is 14.7. The molecule has 0 atom stereocenters. The third-order valence-electron chi connectivity index (χ3n) is 4.57. The highest BCUT2D eigenvalue weighted by Crippen LogP contribution is 2.30. The second-order valence-electron chi connectivity index (χ2n) is 7.20. The summed E-state index contributed by atoms with van der Waals surface area (Å²) in [6.45, 7) is 7.05. The fourth-order valence-corrected chi connectivity index (χ4v) is 3.66. The van der Waals surface area contributed by atoms with Crippen molar-refractivity contribution in [2.45, 2.75) is 45.6 Å². The summed E-state index contributed by atoms with van der Waals surface area (Å²) in [5.74, 6) is 1.68. The van der Waals surface area contributed by atoms with Crippen LogP contribution in [-0.4, -0.2) is 55.4 Å². The first-order valence-electron chi connectivity index (χ1n) is 8.08. The van der Waals surface area contributed by atoms with E-state index >= 15 is 0 Å². The number of likely N-dealkylation sites (tertiary alicyclic amines) is 1. The molecular formula is C17H30N2O. The number of rotatable bonds is 4. The van der Waals surface area contributed by atoms with E-state index in [2.05, 4.69) is 43.8 Å². The molecule has 0 aromatic rings. The monoisotopic (exact) mass is 278 g/mol. The first-order chi connectivity index (χ1) is 9.45. The van der Waals surface area contributed by atoms with Crippen LogP contribution in [0.25, 0.3) is 0 Å². The molecule has 2 aliphatic rings. The molecule has 0 aromatic carbocycles. The number of ketones is 1. The van der Waals surface area contributed by atoms with E-state index in [4.69, 9.17) is 0 Å². The lowest BCUT2D eigenvalue weighted by Crippen LogP contribution is -2.38. The summed E-state index contributed by atoms with van der Waals surface area (Å²) in [7, 11) is 4.32. The van der Waals surface area contributed by atoms with E-state index in [0.29, 0.717) is 24.3 Å². The van der Waals surface area contributed by atoms with Crippen LogP contribution in [0.3, 0.4) is 0 Å². The molecule has 0 unspecified atom stereocenters. The lowest BCUT2D eigenvalue weighted by atomic mass is 9.85. The maximum absolute atomic E-state index is 12.1. The van der Waals surface area contributed by atoms with E-state index in [1.54, 1.807) is 0 Å². The molecule has 1 aliphatic heterocycles. The summed E-state index contributed by atoms with van der Waals surface area (Å²) < 4.78 is 0. The van der Waals surface area contributed by atoms with Gasteiger partial charge in [-0.05, 0) is 51.6 Å². The zero-order valence-electron chi connectivity index (χ0n) is 13.6. The van der Waals surface area contributed by atoms with Gasteiger partial charge in [0.05, 0.1) is 6.54 Å². The van der Waals surface area contributed by atoms with Crippen LogP contribution in [0.5, 0.6) is 0 Å². The molecule has 114 valence electrons. The highest BCUT2D eigenvalue weighted by atomic mass is 16.1. The third kappa shape index (κ3) is 4.16. The van der Waals surface area contributed by atoms with Gasteiger partial charge in [-0.3, -0.25) is 9.69 Å². The van der Waals surface area contributed by atoms with Crippen molar-refractivity contribution in [3.63, 3.8) is 0 Å². The van der Waals surface area contributed by atoms with Gasteiger partial charge in [0.15, 0.2) is 5.78 Å². The summed E-state index contributed by atoms with van der Waals surface area (Å²) in [5.41, 5.74) is 1.05. The largest absolute Gasteiger partial charge is 0.309 e. The Morgan fingerprint density at radius 1 is 1.20 bits per heavy atom. The Labute approximate surface area is 124 Å². The first-order valence-corrected chi connectivity index (χ1v) is 8.08. The van der Waals surface area contributed by atoms with Crippen LogP contribution in [-0.2, 0) is 4.79 Å². The lowest BCUT2D eigenvalue weighted by molar-refractivity contribution is -0.114. The molecule has 2 fully saturated rings. The van der Waals surface area contributed by atoms with E-state index < -0.39 is 0 Å². The number of hydrogen-bond donors (Lipinski definition) is 0. The van der Waals surface area contributed by atoms with Crippen LogP contribution in [0.4, 0.5) is 0 Å². The van der Waals surface area contributed by atoms with Gasteiger partial charge in [-0.2, -0.15) is 0 Å². The number of carbonyl (C=O) groups excluding carboxylic acids is 1. The van der Waals surface area contributed by atoms with Crippen LogP contribution >= 0.6 is 0 Å². The Morgan fingerprint density at radius 3 is 2.40 bits per heavy atom. The van der Waals surface area contributed by atoms with Crippen molar-refractivity contribution in [1.82, 2.24) is 9.80 Å². The minimum atomic E-state index is 0.356. The minimum Gasteiger partial charge on any atom is -0.309 e. The van der Waals surface area contributed by atoms with Crippen molar-refractivity contribution in [3.8, 4) is 0 Å². The summed E-state index contributed by atoms with van der Waals surface area (Å²) in [5, 5.41) is 0. The van der Waals surface area contributed by atoms with Gasteiger partial charge in [-0.1, -0.05) is 19.9 Å². The van der Waals surface area contributed by atoms with E-state index in [-0.39, 0.29) is 0 Å². The highest BCUT2D eigenvalue weighted by Gasteiger charge is 2.32. The molecule has 1 saturated heterocycles. The van der Waals surface area contributed by atoms with Crippen molar-refractivity contribution >= 4 is 5.78 Å². The van der Waals surface area contributed by atoms with Crippen molar-refractivity contribution in [3.05, 3.63) is 11.6 Å². The molecular weight excluding hydrogens is 248 g/mol. The minimum absolute atomic E-state index is 0.356. The van der Waals surface area contributed by atoms with Gasteiger partial charge in [0.25, 0.3) is 0 Å². The smallest absolute Gasteiger partial charge is 0.173 e. The highest BCUT2D eigenvalue weighted by molar-refractivity contribution is 5.99. The molecule has 0 spiro atoms. The van der Waals surface area contributed by atoms with Gasteiger partial charge in [-0.25, -0.2) is 0 Å². The molecule has 0 amide bonds. The van der Waals surface area contributed by atoms with Gasteiger partial charge in [0.2, 0.25) is 0 Å². The molecule has 20 heavy (non-hydrogen) atoms. The topological polar surface area (TPSA) is 23.6 Å². The first kappa shape index (κ1) is 15.7. The molecule has 0 aromatic heterocycles. The molecule has 1 saturated carbocycles. The molecule has 1 heterocycles. The van der Waals surface area contributed by atoms with Crippen LogP contribution < -0.4 is 0 Å². The Balaban J connectivity index is 1.85. The quantitative estimate of drug-likeness (QED) is 0.739. The molecule has 1 aliphatic carbocycles. The summed E-state index contributed by atoms with van der Waals surface area (Å²) in [6, 6.07) is 0.635. The van der Waals surface area contributed by atoms with Crippen molar-refractivity contribution in [2.75, 3.05) is 33.7 Å². The lowest BCUT2D eigenvalue weighted by Gasteiger charge is -2.34. The maximum Gasteiger partial charge on any atom is 0.173 e. The summed E-state index contributed by atoms with van der Waals surface area (Å²) >= 11 is 0. The third-order valence-corrected chi connectivity index (χ3v) is 4.57. The zero-order valence-corrected chi connectivity index (χ0v) is 13.6. The van der Waals surface area contributed by atoms with Gasteiger partial charge in [0.1, 0.15) is 0 Å². The Morgan fingerprint density at radius 2 is 1.85 bits per heavy atom. The maximum atomic E-state index is 12.1. The number of Topliss-reactive ketones (excluding diaryl/α,β-unsaturated/α-hetero) is 1. The van der Waals surface area contributed by atoms with E-state index in [1.807, 2.05) is 0 Å². The van der Waals surface area contributed by atoms with E-state index in [0.717, 1.165) is 18.0 Å². The number of nitrogens with zero attached hydrogens (tertiary/aromatic N) is 2. The van der Waals surface area contributed by atoms with Crippen molar-refractivity contribution < 1.29 is 4.79 Å². The molecule has 0 N–H and O–H groups in total. The van der Waals surface area contributed by atoms with E-state index in [9.17, 15) is 4.79 Å². The second kappa shape index (κ2) is 6.86. The Bertz CT molecular complexity index is 365. The summed E-state index contributed by atoms with van der Waals surface area (Å²) in [6.07, 6.45) is 7.31. The Hall–Kier alpha value is -0.670. The standard InChI is InChI=1S/C17H30N2O/c1-13(2)9-15-11-19(12-17(15)20)16-7-5-14(6-8-16)10-18(3)4/h9,13-14,16H,5-8,10-12H2,1-4H3/b15-9-. The predicted molar refractivity (Wildman–Crippen MR) is 83.8 cm³/mol. The van der Waals surface area contributed by atoms with Crippen LogP contribution in [0.1, 0.15) is 39.5 Å². The molecule has 3 heteroatoms. The summed E-state index contributed by atoms with van der Waals surface area (Å²) in [4.78, 5) is 16.8. The number of carbonyl (C=O) groups is 1. The van der Waals surface area contributed by atoms with Crippen molar-refractivity contribution in [1.29, 1.82) is 0 Å². The average molecular weight is 278 g/mol. The van der Waals surface area contributed by atoms with Crippen LogP contribution in [0.15, 0.2) is 11.6 Å². The van der Waals surface area contributed by atoms with Crippen molar-refractivity contribution in [2.24, 2.45) is 11.8 Å². The molecule has 2 rings (SSSR count). The number of allylic oxidation sites excluding steroid dienone is 1. The second-order valence-corrected chi connectivity index (χ2v) is 7.20. The van der Waals surface area contributed by atoms with Gasteiger partial charge >= 0.3 is 0 Å². The fourth-order valence-electron chi connectivity index (χ4n) is 3.66. The van der Waals surface area contributed by atoms with Crippen LogP contribution in [0, 0.1) is 11.8 Å². The number of hydrogen-bond acceptors (Lipinski definition) is 3. The van der Waals surface area contributed by atoms with Crippen LogP contribution in [0.2, 0.25) is 0 Å². The average Bonchev–Trinajstić information content (AvgIpc) is 2.70. The van der Waals surface area contributed by atoms with E-state index in [1.165, 1.54) is 32.2 Å². The normalized spacial score (nSPS) is 30.9. The molecule has 3 nitrogen and oxygen atoms in total. The molecule has 0 bridgehead atoms. The Kier molecular flexibility index (Phi) is 5.39. The van der Waals surface area contributed by atoms with Gasteiger partial charge < -0.3 is 4.90 Å². The SMILES string of the molecule is CC(C)/C=C1/CN(C2CCC(CN(C)C)CC2)CC1=O.